The molecule has 1 aromatic rings. The molecule has 3 rings (SSSR count). The molecule has 1 aromatic carbocycles. The van der Waals surface area contributed by atoms with Crippen molar-refractivity contribution in [1.82, 2.24) is 15.5 Å². The molecule has 0 spiro atoms. The lowest BCUT2D eigenvalue weighted by Crippen LogP contribution is -2.52. The number of nitrogens with one attached hydrogen (secondary N) is 2. The van der Waals surface area contributed by atoms with Crippen molar-refractivity contribution >= 4 is 23.8 Å². The van der Waals surface area contributed by atoms with Crippen LogP contribution in [0.3, 0.4) is 0 Å². The molecule has 2 aliphatic heterocycles. The van der Waals surface area contributed by atoms with Crippen molar-refractivity contribution in [1.29, 1.82) is 0 Å². The molecule has 10 nitrogen and oxygen atoms in total. The summed E-state index contributed by atoms with van der Waals surface area (Å²) in [5, 5.41) is 13.5. The standard InChI is InChI=1S/C25H35N3O7/c1-25(2,3)20(14-26-24(32)33)35-13-12-34-11-5-7-16-6-4-8-17-18(16)15-28(23(17)31)19-9-10-21(29)27-22(19)30/h4,6,8,19-20,26H,5,7,9-15H2,1-3H3,(H,32,33)(H,27,29,30). The maximum atomic E-state index is 12.9. The van der Waals surface area contributed by atoms with Gasteiger partial charge in [0.05, 0.1) is 19.3 Å². The molecule has 3 N–H and O–H groups in total. The number of nitrogens with zero attached hydrogens (tertiary/aromatic N) is 1. The number of hydrogen-bond acceptors (Lipinski definition) is 6. The summed E-state index contributed by atoms with van der Waals surface area (Å²) in [6, 6.07) is 5.01. The van der Waals surface area contributed by atoms with Gasteiger partial charge in [0, 0.05) is 31.7 Å². The highest BCUT2D eigenvalue weighted by Crippen LogP contribution is 2.30. The predicted octanol–water partition coefficient (Wildman–Crippen LogP) is 2.10. The number of fused-ring (bicyclic) bond motifs is 1. The van der Waals surface area contributed by atoms with E-state index in [4.69, 9.17) is 14.6 Å². The Morgan fingerprint density at radius 1 is 1.23 bits per heavy atom. The third kappa shape index (κ3) is 7.02. The lowest BCUT2D eigenvalue weighted by Gasteiger charge is -2.30. The summed E-state index contributed by atoms with van der Waals surface area (Å²) in [7, 11) is 0. The van der Waals surface area contributed by atoms with Crippen LogP contribution in [0.25, 0.3) is 0 Å². The van der Waals surface area contributed by atoms with Crippen LogP contribution >= 0.6 is 0 Å². The molecule has 1 saturated heterocycles. The van der Waals surface area contributed by atoms with Gasteiger partial charge in [0.25, 0.3) is 5.91 Å². The lowest BCUT2D eigenvalue weighted by molar-refractivity contribution is -0.136. The fourth-order valence-corrected chi connectivity index (χ4v) is 4.40. The minimum absolute atomic E-state index is 0.171. The van der Waals surface area contributed by atoms with Gasteiger partial charge in [0.15, 0.2) is 0 Å². The zero-order chi connectivity index (χ0) is 25.6. The van der Waals surface area contributed by atoms with Crippen LogP contribution in [-0.2, 0) is 32.0 Å². The Hall–Kier alpha value is -2.98. The van der Waals surface area contributed by atoms with E-state index in [2.05, 4.69) is 10.6 Å². The quantitative estimate of drug-likeness (QED) is 0.320. The Morgan fingerprint density at radius 2 is 2.00 bits per heavy atom. The van der Waals surface area contributed by atoms with Crippen molar-refractivity contribution in [3.63, 3.8) is 0 Å². The van der Waals surface area contributed by atoms with Gasteiger partial charge < -0.3 is 24.8 Å². The first-order valence-electron chi connectivity index (χ1n) is 12.0. The molecule has 0 saturated carbocycles. The molecule has 4 amide bonds. The molecule has 2 heterocycles. The number of carbonyl (C=O) groups is 4. The maximum Gasteiger partial charge on any atom is 0.404 e. The number of imide groups is 1. The first-order valence-corrected chi connectivity index (χ1v) is 12.0. The summed E-state index contributed by atoms with van der Waals surface area (Å²) in [6.07, 6.45) is 0.724. The Kier molecular flexibility index (Phi) is 8.85. The van der Waals surface area contributed by atoms with Crippen molar-refractivity contribution in [2.75, 3.05) is 26.4 Å². The highest BCUT2D eigenvalue weighted by molar-refractivity contribution is 6.05. The van der Waals surface area contributed by atoms with Gasteiger partial charge in [-0.15, -0.1) is 0 Å². The van der Waals surface area contributed by atoms with E-state index in [9.17, 15) is 19.2 Å². The van der Waals surface area contributed by atoms with Gasteiger partial charge >= 0.3 is 6.09 Å². The molecule has 0 radical (unpaired) electrons. The van der Waals surface area contributed by atoms with Crippen LogP contribution in [0.2, 0.25) is 0 Å². The first kappa shape index (κ1) is 26.6. The van der Waals surface area contributed by atoms with Crippen molar-refractivity contribution < 1.29 is 33.8 Å². The number of piperidine rings is 1. The van der Waals surface area contributed by atoms with Gasteiger partial charge in [-0.3, -0.25) is 19.7 Å². The van der Waals surface area contributed by atoms with E-state index in [1.807, 2.05) is 32.9 Å². The highest BCUT2D eigenvalue weighted by Gasteiger charge is 2.39. The van der Waals surface area contributed by atoms with Crippen LogP contribution in [0.1, 0.15) is 61.5 Å². The summed E-state index contributed by atoms with van der Waals surface area (Å²) in [5.74, 6) is -0.880. The second-order valence-electron chi connectivity index (χ2n) is 9.97. The topological polar surface area (TPSA) is 134 Å². The molecule has 0 aromatic heterocycles. The van der Waals surface area contributed by atoms with Crippen LogP contribution in [0.5, 0.6) is 0 Å². The Morgan fingerprint density at radius 3 is 2.69 bits per heavy atom. The second-order valence-corrected chi connectivity index (χ2v) is 9.97. The van der Waals surface area contributed by atoms with Crippen LogP contribution in [0.4, 0.5) is 4.79 Å². The molecular formula is C25H35N3O7. The largest absolute Gasteiger partial charge is 0.465 e. The average Bonchev–Trinajstić information content (AvgIpc) is 3.11. The number of aryl methyl sites for hydroxylation is 1. The number of hydrogen-bond donors (Lipinski definition) is 3. The van der Waals surface area contributed by atoms with E-state index in [-0.39, 0.29) is 36.3 Å². The van der Waals surface area contributed by atoms with Crippen molar-refractivity contribution in [3.05, 3.63) is 34.9 Å². The maximum absolute atomic E-state index is 12.9. The summed E-state index contributed by atoms with van der Waals surface area (Å²) in [5.41, 5.74) is 2.39. The van der Waals surface area contributed by atoms with Crippen LogP contribution in [-0.4, -0.2) is 72.3 Å². The Bertz CT molecular complexity index is 957. The molecule has 2 atom stereocenters. The van der Waals surface area contributed by atoms with E-state index in [0.717, 1.165) is 24.0 Å². The van der Waals surface area contributed by atoms with Crippen molar-refractivity contribution in [3.8, 4) is 0 Å². The molecule has 2 unspecified atom stereocenters. The summed E-state index contributed by atoms with van der Waals surface area (Å²) < 4.78 is 11.5. The lowest BCUT2D eigenvalue weighted by atomic mass is 9.89. The first-order chi connectivity index (χ1) is 16.6. The smallest absolute Gasteiger partial charge is 0.404 e. The molecule has 10 heteroatoms. The van der Waals surface area contributed by atoms with Crippen molar-refractivity contribution in [2.24, 2.45) is 5.41 Å². The highest BCUT2D eigenvalue weighted by atomic mass is 16.5. The number of carbonyl (C=O) groups excluding carboxylic acids is 3. The summed E-state index contributed by atoms with van der Waals surface area (Å²) in [4.78, 5) is 49.0. The van der Waals surface area contributed by atoms with Gasteiger partial charge in [-0.05, 0) is 41.9 Å². The minimum atomic E-state index is -1.08. The zero-order valence-electron chi connectivity index (χ0n) is 20.6. The summed E-state index contributed by atoms with van der Waals surface area (Å²) in [6.45, 7) is 7.83. The molecule has 2 aliphatic rings. The SMILES string of the molecule is CC(C)(C)C(CNC(=O)O)OCCOCCCc1cccc2c1CN(C1CCC(=O)NC1=O)C2=O. The molecule has 1 fully saturated rings. The van der Waals surface area contributed by atoms with Gasteiger partial charge in [0.1, 0.15) is 6.04 Å². The van der Waals surface area contributed by atoms with Crippen molar-refractivity contribution in [2.45, 2.75) is 65.1 Å². The fraction of sp³-hybridized carbons (Fsp3) is 0.600. The predicted molar refractivity (Wildman–Crippen MR) is 127 cm³/mol. The third-order valence-electron chi connectivity index (χ3n) is 6.37. The number of rotatable bonds is 11. The molecule has 0 aliphatic carbocycles. The minimum Gasteiger partial charge on any atom is -0.465 e. The van der Waals surface area contributed by atoms with E-state index in [1.165, 1.54) is 0 Å². The third-order valence-corrected chi connectivity index (χ3v) is 6.37. The van der Waals surface area contributed by atoms with Gasteiger partial charge in [-0.1, -0.05) is 32.9 Å². The number of carboxylic acid groups (broad SMARTS) is 1. The van der Waals surface area contributed by atoms with E-state index < -0.39 is 18.0 Å². The second kappa shape index (κ2) is 11.6. The van der Waals surface area contributed by atoms with Gasteiger partial charge in [0.2, 0.25) is 11.8 Å². The van der Waals surface area contributed by atoms with Crippen LogP contribution in [0, 0.1) is 5.41 Å². The average molecular weight is 490 g/mol. The van der Waals surface area contributed by atoms with E-state index in [0.29, 0.717) is 38.3 Å². The fourth-order valence-electron chi connectivity index (χ4n) is 4.40. The van der Waals surface area contributed by atoms with Gasteiger partial charge in [-0.25, -0.2) is 4.79 Å². The molecule has 0 bridgehead atoms. The Labute approximate surface area is 205 Å². The van der Waals surface area contributed by atoms with Crippen LogP contribution in [0.15, 0.2) is 18.2 Å². The monoisotopic (exact) mass is 489 g/mol. The molecule has 192 valence electrons. The number of benzene rings is 1. The van der Waals surface area contributed by atoms with Crippen LogP contribution < -0.4 is 10.6 Å². The van der Waals surface area contributed by atoms with E-state index in [1.54, 1.807) is 11.0 Å². The Balaban J connectivity index is 1.44. The number of amides is 4. The zero-order valence-corrected chi connectivity index (χ0v) is 20.6. The van der Waals surface area contributed by atoms with Gasteiger partial charge in [-0.2, -0.15) is 0 Å². The molecular weight excluding hydrogens is 454 g/mol. The molecule has 35 heavy (non-hydrogen) atoms. The normalized spacial score (nSPS) is 18.9. The summed E-state index contributed by atoms with van der Waals surface area (Å²) >= 11 is 0. The number of ether oxygens (including phenoxy) is 2. The van der Waals surface area contributed by atoms with E-state index >= 15 is 0 Å².